The fraction of sp³-hybridized carbons (Fsp3) is 0.300. The fourth-order valence-corrected chi connectivity index (χ4v) is 5.20. The van der Waals surface area contributed by atoms with Crippen LogP contribution >= 0.6 is 0 Å². The number of esters is 1. The zero-order valence-corrected chi connectivity index (χ0v) is 16.8. The summed E-state index contributed by atoms with van der Waals surface area (Å²) in [6, 6.07) is 9.75. The van der Waals surface area contributed by atoms with Gasteiger partial charge in [0.05, 0.1) is 18.0 Å². The van der Waals surface area contributed by atoms with Crippen molar-refractivity contribution in [1.29, 1.82) is 0 Å². The Hall–Kier alpha value is -2.55. The van der Waals surface area contributed by atoms with E-state index in [0.29, 0.717) is 9.87 Å². The maximum atomic E-state index is 13.4. The first kappa shape index (κ1) is 20.2. The monoisotopic (exact) mass is 403 g/mol. The molecule has 1 aliphatic rings. The molecule has 1 heterocycles. The third-order valence-corrected chi connectivity index (χ3v) is 6.90. The minimum absolute atomic E-state index is 0.0846. The van der Waals surface area contributed by atoms with E-state index in [2.05, 4.69) is 4.74 Å². The Labute approximate surface area is 163 Å². The van der Waals surface area contributed by atoms with Crippen molar-refractivity contribution in [3.8, 4) is 0 Å². The van der Waals surface area contributed by atoms with Crippen LogP contribution in [0.2, 0.25) is 0 Å². The van der Waals surface area contributed by atoms with Gasteiger partial charge in [-0.05, 0) is 38.5 Å². The zero-order chi connectivity index (χ0) is 20.9. The van der Waals surface area contributed by atoms with Crippen LogP contribution in [0.3, 0.4) is 0 Å². The molecule has 0 saturated heterocycles. The molecule has 2 unspecified atom stereocenters. The van der Waals surface area contributed by atoms with Gasteiger partial charge in [0.25, 0.3) is 5.72 Å². The molecule has 0 bridgehead atoms. The molecule has 0 aliphatic carbocycles. The van der Waals surface area contributed by atoms with Gasteiger partial charge in [-0.3, -0.25) is 4.79 Å². The Morgan fingerprint density at radius 3 is 2.25 bits per heavy atom. The molecule has 0 spiro atoms. The number of aryl methyl sites for hydroxylation is 2. The van der Waals surface area contributed by atoms with Crippen LogP contribution in [0.5, 0.6) is 0 Å². The highest BCUT2D eigenvalue weighted by Gasteiger charge is 2.61. The third-order valence-electron chi connectivity index (χ3n) is 4.94. The zero-order valence-electron chi connectivity index (χ0n) is 16.0. The van der Waals surface area contributed by atoms with E-state index in [9.17, 15) is 23.1 Å². The lowest BCUT2D eigenvalue weighted by molar-refractivity contribution is -0.170. The fourth-order valence-electron chi connectivity index (χ4n) is 3.46. The molecule has 0 radical (unpaired) electrons. The summed E-state index contributed by atoms with van der Waals surface area (Å²) in [5.41, 5.74) is -0.851. The standard InChI is InChI=1S/C20H21NO6S/c1-12-5-8-15(9-6-12)28(25,26)21-14(3)17-11-13(2)7-10-16(17)18(22)20(21,24)19(23)27-4/h5-11,14,24H,1-4H3. The second-order valence-electron chi connectivity index (χ2n) is 6.87. The van der Waals surface area contributed by atoms with Gasteiger partial charge in [-0.1, -0.05) is 41.5 Å². The maximum absolute atomic E-state index is 13.4. The van der Waals surface area contributed by atoms with Gasteiger partial charge in [-0.15, -0.1) is 4.31 Å². The van der Waals surface area contributed by atoms with Crippen LogP contribution in [-0.2, 0) is 19.6 Å². The summed E-state index contributed by atoms with van der Waals surface area (Å²) < 4.78 is 31.9. The minimum atomic E-state index is -4.42. The summed E-state index contributed by atoms with van der Waals surface area (Å²) in [6.07, 6.45) is 0. The Balaban J connectivity index is 2.31. The largest absolute Gasteiger partial charge is 0.465 e. The number of sulfonamides is 1. The molecule has 1 N–H and O–H groups in total. The van der Waals surface area contributed by atoms with Gasteiger partial charge in [0.15, 0.2) is 0 Å². The minimum Gasteiger partial charge on any atom is -0.465 e. The van der Waals surface area contributed by atoms with Crippen molar-refractivity contribution in [3.05, 3.63) is 64.7 Å². The lowest BCUT2D eigenvalue weighted by atomic mass is 9.86. The second kappa shape index (κ2) is 6.80. The number of ether oxygens (including phenoxy) is 1. The molecule has 1 aliphatic heterocycles. The molecule has 3 rings (SSSR count). The molecule has 8 heteroatoms. The number of carbonyl (C=O) groups is 2. The van der Waals surface area contributed by atoms with Crippen molar-refractivity contribution in [2.24, 2.45) is 0 Å². The van der Waals surface area contributed by atoms with Crippen molar-refractivity contribution in [1.82, 2.24) is 4.31 Å². The van der Waals surface area contributed by atoms with Crippen molar-refractivity contribution < 1.29 is 27.9 Å². The average Bonchev–Trinajstić information content (AvgIpc) is 2.65. The topological polar surface area (TPSA) is 101 Å². The van der Waals surface area contributed by atoms with Crippen molar-refractivity contribution in [2.45, 2.75) is 37.4 Å². The highest BCUT2D eigenvalue weighted by molar-refractivity contribution is 7.89. The molecule has 28 heavy (non-hydrogen) atoms. The summed E-state index contributed by atoms with van der Waals surface area (Å²) in [4.78, 5) is 25.4. The number of ketones is 1. The summed E-state index contributed by atoms with van der Waals surface area (Å²) in [5.74, 6) is -2.39. The second-order valence-corrected chi connectivity index (χ2v) is 8.69. The quantitative estimate of drug-likeness (QED) is 0.622. The first-order valence-electron chi connectivity index (χ1n) is 8.62. The number of fused-ring (bicyclic) bond motifs is 1. The van der Waals surface area contributed by atoms with Gasteiger partial charge >= 0.3 is 5.97 Å². The van der Waals surface area contributed by atoms with E-state index in [-0.39, 0.29) is 10.5 Å². The number of Topliss-reactive ketones (excluding diaryl/α,β-unsaturated/α-hetero) is 1. The maximum Gasteiger partial charge on any atom is 0.363 e. The van der Waals surface area contributed by atoms with E-state index in [1.807, 2.05) is 0 Å². The predicted molar refractivity (Wildman–Crippen MR) is 101 cm³/mol. The summed E-state index contributed by atoms with van der Waals surface area (Å²) in [7, 11) is -3.43. The SMILES string of the molecule is COC(=O)C1(O)C(=O)c2ccc(C)cc2C(C)N1S(=O)(=O)c1ccc(C)cc1. The number of benzene rings is 2. The predicted octanol–water partition coefficient (Wildman–Crippen LogP) is 2.11. The molecular weight excluding hydrogens is 382 g/mol. The van der Waals surface area contributed by atoms with E-state index in [4.69, 9.17) is 0 Å². The molecule has 0 amide bonds. The molecule has 2 atom stereocenters. The highest BCUT2D eigenvalue weighted by Crippen LogP contribution is 2.42. The molecule has 0 aromatic heterocycles. The van der Waals surface area contributed by atoms with Crippen LogP contribution < -0.4 is 0 Å². The van der Waals surface area contributed by atoms with E-state index in [1.165, 1.54) is 25.1 Å². The molecular formula is C20H21NO6S. The van der Waals surface area contributed by atoms with Gasteiger partial charge < -0.3 is 9.84 Å². The number of hydrogen-bond acceptors (Lipinski definition) is 6. The van der Waals surface area contributed by atoms with Gasteiger partial charge in [0, 0.05) is 5.56 Å². The lowest BCUT2D eigenvalue weighted by Crippen LogP contribution is -2.65. The van der Waals surface area contributed by atoms with E-state index >= 15 is 0 Å². The number of carbonyl (C=O) groups excluding carboxylic acids is 2. The van der Waals surface area contributed by atoms with Gasteiger partial charge in [0.1, 0.15) is 0 Å². The summed E-state index contributed by atoms with van der Waals surface area (Å²) in [6.45, 7) is 5.12. The Morgan fingerprint density at radius 2 is 1.68 bits per heavy atom. The van der Waals surface area contributed by atoms with Crippen molar-refractivity contribution >= 4 is 21.8 Å². The normalized spacial score (nSPS) is 22.6. The highest BCUT2D eigenvalue weighted by atomic mass is 32.2. The van der Waals surface area contributed by atoms with Gasteiger partial charge in [-0.25, -0.2) is 13.2 Å². The van der Waals surface area contributed by atoms with Crippen LogP contribution in [0.15, 0.2) is 47.4 Å². The smallest absolute Gasteiger partial charge is 0.363 e. The first-order chi connectivity index (χ1) is 13.0. The van der Waals surface area contributed by atoms with Crippen molar-refractivity contribution in [2.75, 3.05) is 7.11 Å². The van der Waals surface area contributed by atoms with Gasteiger partial charge in [-0.2, -0.15) is 0 Å². The Bertz CT molecular complexity index is 1060. The average molecular weight is 403 g/mol. The van der Waals surface area contributed by atoms with Crippen LogP contribution in [0.1, 0.15) is 40.0 Å². The number of aliphatic hydroxyl groups is 1. The summed E-state index contributed by atoms with van der Waals surface area (Å²) in [5, 5.41) is 11.1. The first-order valence-corrected chi connectivity index (χ1v) is 10.1. The lowest BCUT2D eigenvalue weighted by Gasteiger charge is -2.43. The van der Waals surface area contributed by atoms with Crippen LogP contribution in [0.25, 0.3) is 0 Å². The Morgan fingerprint density at radius 1 is 1.11 bits per heavy atom. The summed E-state index contributed by atoms with van der Waals surface area (Å²) >= 11 is 0. The molecule has 148 valence electrons. The van der Waals surface area contributed by atoms with Crippen molar-refractivity contribution in [3.63, 3.8) is 0 Å². The van der Waals surface area contributed by atoms with Crippen LogP contribution in [-0.4, -0.2) is 42.4 Å². The number of methoxy groups -OCH3 is 1. The van der Waals surface area contributed by atoms with Crippen LogP contribution in [0.4, 0.5) is 0 Å². The van der Waals surface area contributed by atoms with E-state index in [1.54, 1.807) is 38.1 Å². The number of nitrogens with zero attached hydrogens (tertiary/aromatic N) is 1. The van der Waals surface area contributed by atoms with E-state index in [0.717, 1.165) is 18.2 Å². The van der Waals surface area contributed by atoms with E-state index < -0.39 is 33.5 Å². The van der Waals surface area contributed by atoms with Gasteiger partial charge in [0.2, 0.25) is 15.8 Å². The molecule has 7 nitrogen and oxygen atoms in total. The molecule has 0 saturated carbocycles. The number of rotatable bonds is 3. The molecule has 2 aromatic carbocycles. The molecule has 0 fully saturated rings. The number of hydrogen-bond donors (Lipinski definition) is 1. The Kier molecular flexibility index (Phi) is 4.91. The molecule has 2 aromatic rings. The third kappa shape index (κ3) is 2.85. The van der Waals surface area contributed by atoms with Crippen LogP contribution in [0, 0.1) is 13.8 Å².